The van der Waals surface area contributed by atoms with Gasteiger partial charge >= 0.3 is 0 Å². The van der Waals surface area contributed by atoms with E-state index in [2.05, 4.69) is 31.6 Å². The smallest absolute Gasteiger partial charge is 0.268 e. The van der Waals surface area contributed by atoms with Crippen molar-refractivity contribution in [3.63, 3.8) is 0 Å². The van der Waals surface area contributed by atoms with Gasteiger partial charge in [0.2, 0.25) is 0 Å². The van der Waals surface area contributed by atoms with Crippen molar-refractivity contribution >= 4 is 44.8 Å². The molecule has 13 heteroatoms. The van der Waals surface area contributed by atoms with Crippen molar-refractivity contribution in [2.24, 2.45) is 5.73 Å². The molecular weight excluding hydrogens is 563 g/mol. The number of rotatable bonds is 10. The number of likely N-dealkylation sites (tertiary alicyclic amines) is 1. The number of halogens is 2. The Hall–Kier alpha value is -2.18. The minimum Gasteiger partial charge on any atom is -0.491 e. The first kappa shape index (κ1) is 29.8. The number of nitrogens with two attached hydrogens (primary N) is 1. The van der Waals surface area contributed by atoms with Gasteiger partial charge in [0.15, 0.2) is 20.8 Å². The summed E-state index contributed by atoms with van der Waals surface area (Å²) in [6.45, 7) is 7.54. The monoisotopic (exact) mass is 598 g/mol. The number of carbonyl (C=O) groups is 1. The zero-order valence-corrected chi connectivity index (χ0v) is 24.7. The second-order valence-corrected chi connectivity index (χ2v) is 13.3. The molecule has 0 radical (unpaired) electrons. The number of hydrogen-bond acceptors (Lipinski definition) is 9. The van der Waals surface area contributed by atoms with Crippen LogP contribution in [0.15, 0.2) is 24.4 Å². The Labute approximate surface area is 240 Å². The quantitative estimate of drug-likeness (QED) is 0.439. The first-order chi connectivity index (χ1) is 18.5. The largest absolute Gasteiger partial charge is 0.491 e. The molecule has 10 nitrogen and oxygen atoms in total. The van der Waals surface area contributed by atoms with Crippen molar-refractivity contribution in [1.29, 1.82) is 0 Å². The number of benzene rings is 1. The van der Waals surface area contributed by atoms with Gasteiger partial charge in [0.1, 0.15) is 18.1 Å². The van der Waals surface area contributed by atoms with Crippen LogP contribution >= 0.6 is 23.2 Å². The predicted octanol–water partition coefficient (Wildman–Crippen LogP) is 2.87. The molecule has 0 unspecified atom stereocenters. The second-order valence-electron chi connectivity index (χ2n) is 10.2. The third-order valence-electron chi connectivity index (χ3n) is 7.40. The molecule has 2 aliphatic rings. The molecule has 0 bridgehead atoms. The average Bonchev–Trinajstić information content (AvgIpc) is 2.90. The molecule has 0 aliphatic carbocycles. The summed E-state index contributed by atoms with van der Waals surface area (Å²) in [5.74, 6) is 0.423. The Morgan fingerprint density at radius 3 is 2.56 bits per heavy atom. The maximum atomic E-state index is 11.4. The molecule has 1 amide bonds. The fourth-order valence-corrected chi connectivity index (χ4v) is 6.14. The van der Waals surface area contributed by atoms with Crippen LogP contribution in [0, 0.1) is 0 Å². The van der Waals surface area contributed by atoms with Crippen LogP contribution in [-0.2, 0) is 16.4 Å². The minimum atomic E-state index is -3.09. The minimum absolute atomic E-state index is 0.0455. The molecule has 2 N–H and O–H groups in total. The number of primary amides is 1. The summed E-state index contributed by atoms with van der Waals surface area (Å²) in [7, 11) is -3.09. The molecule has 39 heavy (non-hydrogen) atoms. The normalized spacial score (nSPS) is 19.8. The Bertz CT molecular complexity index is 1270. The molecule has 2 fully saturated rings. The van der Waals surface area contributed by atoms with Gasteiger partial charge in [0, 0.05) is 44.5 Å². The van der Waals surface area contributed by atoms with Gasteiger partial charge in [-0.25, -0.2) is 18.4 Å². The fourth-order valence-electron chi connectivity index (χ4n) is 5.32. The maximum absolute atomic E-state index is 11.4. The van der Waals surface area contributed by atoms with Gasteiger partial charge in [0.25, 0.3) is 5.91 Å². The SMILES string of the molecule is CC[C@H]1CN(c2ncc(C(N)=O)nc2Cl)CCN1C1CCN(Cc2ccc(Cl)c(OCCS(C)(=O)=O)c2)CC1. The van der Waals surface area contributed by atoms with Crippen molar-refractivity contribution < 1.29 is 17.9 Å². The second kappa shape index (κ2) is 13.0. The first-order valence-corrected chi connectivity index (χ1v) is 16.0. The third-order valence-corrected chi connectivity index (χ3v) is 8.88. The zero-order chi connectivity index (χ0) is 28.2. The molecule has 2 saturated heterocycles. The van der Waals surface area contributed by atoms with E-state index in [4.69, 9.17) is 33.7 Å². The maximum Gasteiger partial charge on any atom is 0.268 e. The number of ether oxygens (including phenoxy) is 1. The predicted molar refractivity (Wildman–Crippen MR) is 154 cm³/mol. The lowest BCUT2D eigenvalue weighted by atomic mass is 9.98. The van der Waals surface area contributed by atoms with E-state index in [0.29, 0.717) is 28.7 Å². The van der Waals surface area contributed by atoms with E-state index < -0.39 is 15.7 Å². The van der Waals surface area contributed by atoms with Gasteiger partial charge in [0.05, 0.1) is 17.0 Å². The van der Waals surface area contributed by atoms with E-state index in [9.17, 15) is 13.2 Å². The fraction of sp³-hybridized carbons (Fsp3) is 0.577. The van der Waals surface area contributed by atoms with Gasteiger partial charge in [-0.3, -0.25) is 14.6 Å². The standard InChI is InChI=1S/C26H36Cl2N6O4S/c1-3-19-17-33(26-24(28)31-22(15-30-26)25(29)35)10-11-34(19)20-6-8-32(9-7-20)16-18-4-5-21(27)23(14-18)38-12-13-39(2,36)37/h4-5,14-15,19-20H,3,6-13,16-17H2,1-2H3,(H2,29,35)/t19-/m0/s1. The van der Waals surface area contributed by atoms with E-state index in [0.717, 1.165) is 64.1 Å². The molecule has 1 aromatic carbocycles. The molecule has 4 rings (SSSR count). The van der Waals surface area contributed by atoms with Crippen LogP contribution in [-0.4, -0.2) is 97.5 Å². The molecule has 1 aromatic heterocycles. The van der Waals surface area contributed by atoms with Crippen LogP contribution < -0.4 is 15.4 Å². The highest BCUT2D eigenvalue weighted by Gasteiger charge is 2.34. The molecule has 1 atom stereocenters. The first-order valence-electron chi connectivity index (χ1n) is 13.2. The Morgan fingerprint density at radius 1 is 1.18 bits per heavy atom. The molecular formula is C26H36Cl2N6O4S. The summed E-state index contributed by atoms with van der Waals surface area (Å²) in [5, 5.41) is 0.681. The van der Waals surface area contributed by atoms with Crippen LogP contribution in [0.1, 0.15) is 42.2 Å². The Morgan fingerprint density at radius 2 is 1.92 bits per heavy atom. The molecule has 0 spiro atoms. The van der Waals surface area contributed by atoms with Gasteiger partial charge < -0.3 is 15.4 Å². The van der Waals surface area contributed by atoms with Gasteiger partial charge in [-0.2, -0.15) is 0 Å². The molecule has 0 saturated carbocycles. The van der Waals surface area contributed by atoms with Gasteiger partial charge in [-0.05, 0) is 50.0 Å². The lowest BCUT2D eigenvalue weighted by Crippen LogP contribution is -2.58. The van der Waals surface area contributed by atoms with Crippen LogP contribution in [0.3, 0.4) is 0 Å². The number of anilines is 1. The molecule has 2 aromatic rings. The number of hydrogen-bond donors (Lipinski definition) is 1. The molecule has 3 heterocycles. The van der Waals surface area contributed by atoms with Crippen molar-refractivity contribution in [3.05, 3.63) is 45.8 Å². The van der Waals surface area contributed by atoms with Crippen molar-refractivity contribution in [3.8, 4) is 5.75 Å². The van der Waals surface area contributed by atoms with Crippen LogP contribution in [0.2, 0.25) is 10.2 Å². The number of piperidine rings is 1. The topological polar surface area (TPSA) is 122 Å². The number of piperazine rings is 1. The summed E-state index contributed by atoms with van der Waals surface area (Å²) < 4.78 is 28.4. The Balaban J connectivity index is 1.30. The number of nitrogens with zero attached hydrogens (tertiary/aromatic N) is 5. The van der Waals surface area contributed by atoms with E-state index in [1.807, 2.05) is 18.2 Å². The third kappa shape index (κ3) is 7.94. The van der Waals surface area contributed by atoms with Crippen LogP contribution in [0.4, 0.5) is 5.82 Å². The molecule has 214 valence electrons. The average molecular weight is 600 g/mol. The lowest BCUT2D eigenvalue weighted by molar-refractivity contribution is 0.0610. The summed E-state index contributed by atoms with van der Waals surface area (Å²) in [6, 6.07) is 6.59. The number of amides is 1. The van der Waals surface area contributed by atoms with Crippen LogP contribution in [0.5, 0.6) is 5.75 Å². The summed E-state index contributed by atoms with van der Waals surface area (Å²) in [4.78, 5) is 27.1. The zero-order valence-electron chi connectivity index (χ0n) is 22.4. The summed E-state index contributed by atoms with van der Waals surface area (Å²) >= 11 is 12.6. The van der Waals surface area contributed by atoms with Gasteiger partial charge in [-0.1, -0.05) is 36.2 Å². The Kier molecular flexibility index (Phi) is 9.92. The summed E-state index contributed by atoms with van der Waals surface area (Å²) in [5.41, 5.74) is 6.45. The number of carbonyl (C=O) groups excluding carboxylic acids is 1. The summed E-state index contributed by atoms with van der Waals surface area (Å²) in [6.07, 6.45) is 5.74. The number of sulfone groups is 1. The van der Waals surface area contributed by atoms with E-state index in [1.54, 1.807) is 0 Å². The van der Waals surface area contributed by atoms with Crippen molar-refractivity contribution in [2.75, 3.05) is 56.2 Å². The van der Waals surface area contributed by atoms with Crippen molar-refractivity contribution in [2.45, 2.75) is 44.8 Å². The highest BCUT2D eigenvalue weighted by Crippen LogP contribution is 2.30. The van der Waals surface area contributed by atoms with E-state index in [1.165, 1.54) is 12.5 Å². The van der Waals surface area contributed by atoms with Gasteiger partial charge in [-0.15, -0.1) is 0 Å². The lowest BCUT2D eigenvalue weighted by Gasteiger charge is -2.47. The highest BCUT2D eigenvalue weighted by atomic mass is 35.5. The highest BCUT2D eigenvalue weighted by molar-refractivity contribution is 7.90. The van der Waals surface area contributed by atoms with Crippen molar-refractivity contribution in [1.82, 2.24) is 19.8 Å². The number of aromatic nitrogens is 2. The van der Waals surface area contributed by atoms with E-state index >= 15 is 0 Å². The molecule has 2 aliphatic heterocycles. The van der Waals surface area contributed by atoms with E-state index in [-0.39, 0.29) is 23.2 Å². The van der Waals surface area contributed by atoms with Crippen LogP contribution in [0.25, 0.3) is 0 Å².